The number of rotatable bonds is 6. The van der Waals surface area contributed by atoms with Crippen molar-refractivity contribution in [3.8, 4) is 0 Å². The van der Waals surface area contributed by atoms with E-state index in [9.17, 15) is 0 Å². The number of hydrogen-bond acceptors (Lipinski definition) is 5. The van der Waals surface area contributed by atoms with E-state index in [2.05, 4.69) is 56.9 Å². The lowest BCUT2D eigenvalue weighted by atomic mass is 9.91. The number of benzene rings is 2. The van der Waals surface area contributed by atoms with Crippen LogP contribution in [0.2, 0.25) is 0 Å². The Balaban J connectivity index is 1.18. The lowest BCUT2D eigenvalue weighted by Gasteiger charge is -2.30. The van der Waals surface area contributed by atoms with Crippen LogP contribution >= 0.6 is 0 Å². The van der Waals surface area contributed by atoms with Gasteiger partial charge in [-0.2, -0.15) is 4.98 Å². The highest BCUT2D eigenvalue weighted by atomic mass is 15.2. The first-order chi connectivity index (χ1) is 15.2. The Labute approximate surface area is 183 Å². The van der Waals surface area contributed by atoms with E-state index >= 15 is 0 Å². The Morgan fingerprint density at radius 1 is 0.968 bits per heavy atom. The first-order valence-electron chi connectivity index (χ1n) is 11.2. The molecule has 1 aliphatic carbocycles. The fraction of sp³-hybridized carbons (Fsp3) is 0.360. The first kappa shape index (κ1) is 19.8. The standard InChI is InChI=1S/C25H30N6/c1-31(2)24-21-5-3-4-6-23(21)29-25(30-24)28-20-10-8-19(9-11-20)27-16-17-7-12-22-18(15-17)13-14-26-22/h3-7,12-15,19-20,26-27H,8-11,16H2,1-2H3,(H,28,29,30). The minimum Gasteiger partial charge on any atom is -0.362 e. The summed E-state index contributed by atoms with van der Waals surface area (Å²) in [5, 5.41) is 9.72. The van der Waals surface area contributed by atoms with Gasteiger partial charge in [0.2, 0.25) is 5.95 Å². The van der Waals surface area contributed by atoms with Gasteiger partial charge in [0.05, 0.1) is 5.52 Å². The van der Waals surface area contributed by atoms with Crippen LogP contribution < -0.4 is 15.5 Å². The van der Waals surface area contributed by atoms with Crippen LogP contribution in [0.1, 0.15) is 31.2 Å². The van der Waals surface area contributed by atoms with E-state index < -0.39 is 0 Å². The van der Waals surface area contributed by atoms with Crippen molar-refractivity contribution in [2.45, 2.75) is 44.3 Å². The Hall–Kier alpha value is -3.12. The van der Waals surface area contributed by atoms with Crippen LogP contribution in [-0.4, -0.2) is 41.1 Å². The summed E-state index contributed by atoms with van der Waals surface area (Å²) >= 11 is 0. The molecule has 1 saturated carbocycles. The van der Waals surface area contributed by atoms with Crippen molar-refractivity contribution in [3.63, 3.8) is 0 Å². The molecule has 0 bridgehead atoms. The molecule has 0 saturated heterocycles. The Morgan fingerprint density at radius 2 is 1.77 bits per heavy atom. The number of aromatic amines is 1. The number of aromatic nitrogens is 3. The first-order valence-corrected chi connectivity index (χ1v) is 11.2. The van der Waals surface area contributed by atoms with Crippen molar-refractivity contribution in [2.24, 2.45) is 0 Å². The highest BCUT2D eigenvalue weighted by molar-refractivity contribution is 5.90. The topological polar surface area (TPSA) is 68.9 Å². The van der Waals surface area contributed by atoms with Crippen LogP contribution in [-0.2, 0) is 6.54 Å². The molecule has 0 aliphatic heterocycles. The number of H-pyrrole nitrogens is 1. The summed E-state index contributed by atoms with van der Waals surface area (Å²) in [5.41, 5.74) is 3.52. The monoisotopic (exact) mass is 414 g/mol. The van der Waals surface area contributed by atoms with Gasteiger partial charge in [0.25, 0.3) is 0 Å². The average Bonchev–Trinajstić information content (AvgIpc) is 3.26. The molecule has 2 aromatic heterocycles. The molecule has 0 unspecified atom stereocenters. The molecule has 0 spiro atoms. The predicted molar refractivity (Wildman–Crippen MR) is 129 cm³/mol. The van der Waals surface area contributed by atoms with Gasteiger partial charge in [0.1, 0.15) is 5.82 Å². The molecule has 160 valence electrons. The van der Waals surface area contributed by atoms with Crippen molar-refractivity contribution in [3.05, 3.63) is 60.3 Å². The summed E-state index contributed by atoms with van der Waals surface area (Å²) in [6.45, 7) is 0.920. The zero-order valence-electron chi connectivity index (χ0n) is 18.2. The van der Waals surface area contributed by atoms with E-state index in [0.717, 1.165) is 54.9 Å². The normalized spacial score (nSPS) is 19.0. The van der Waals surface area contributed by atoms with Crippen molar-refractivity contribution < 1.29 is 0 Å². The van der Waals surface area contributed by atoms with Crippen LogP contribution in [0.3, 0.4) is 0 Å². The molecule has 2 aromatic carbocycles. The van der Waals surface area contributed by atoms with Crippen LogP contribution in [0.25, 0.3) is 21.8 Å². The van der Waals surface area contributed by atoms with Gasteiger partial charge in [-0.05, 0) is 67.0 Å². The van der Waals surface area contributed by atoms with Gasteiger partial charge in [-0.3, -0.25) is 0 Å². The molecule has 4 aromatic rings. The lowest BCUT2D eigenvalue weighted by Crippen LogP contribution is -2.37. The second-order valence-corrected chi connectivity index (χ2v) is 8.76. The highest BCUT2D eigenvalue weighted by Crippen LogP contribution is 2.26. The summed E-state index contributed by atoms with van der Waals surface area (Å²) in [5.74, 6) is 1.70. The smallest absolute Gasteiger partial charge is 0.225 e. The van der Waals surface area contributed by atoms with Crippen molar-refractivity contribution in [1.82, 2.24) is 20.3 Å². The molecule has 5 rings (SSSR count). The second-order valence-electron chi connectivity index (χ2n) is 8.76. The fourth-order valence-electron chi connectivity index (χ4n) is 4.56. The zero-order chi connectivity index (χ0) is 21.2. The third-order valence-electron chi connectivity index (χ3n) is 6.28. The summed E-state index contributed by atoms with van der Waals surface area (Å²) in [6, 6.07) is 18.0. The van der Waals surface area contributed by atoms with E-state index in [-0.39, 0.29) is 0 Å². The van der Waals surface area contributed by atoms with Crippen LogP contribution in [0, 0.1) is 0 Å². The van der Waals surface area contributed by atoms with Crippen molar-refractivity contribution in [2.75, 3.05) is 24.3 Å². The van der Waals surface area contributed by atoms with Gasteiger partial charge >= 0.3 is 0 Å². The van der Waals surface area contributed by atoms with Crippen LogP contribution in [0.4, 0.5) is 11.8 Å². The molecule has 2 heterocycles. The van der Waals surface area contributed by atoms with Crippen LogP contribution in [0.15, 0.2) is 54.7 Å². The SMILES string of the molecule is CN(C)c1nc(NC2CCC(NCc3ccc4[nH]ccc4c3)CC2)nc2ccccc12. The summed E-state index contributed by atoms with van der Waals surface area (Å²) < 4.78 is 0. The van der Waals surface area contributed by atoms with Crippen LogP contribution in [0.5, 0.6) is 0 Å². The van der Waals surface area contributed by atoms with E-state index in [4.69, 9.17) is 9.97 Å². The number of nitrogens with one attached hydrogen (secondary N) is 3. The van der Waals surface area contributed by atoms with E-state index in [1.807, 2.05) is 32.4 Å². The van der Waals surface area contributed by atoms with E-state index in [0.29, 0.717) is 12.1 Å². The molecule has 31 heavy (non-hydrogen) atoms. The molecule has 1 aliphatic rings. The molecule has 6 heteroatoms. The predicted octanol–water partition coefficient (Wildman–Crippen LogP) is 4.69. The van der Waals surface area contributed by atoms with Gasteiger partial charge in [-0.25, -0.2) is 4.98 Å². The molecule has 6 nitrogen and oxygen atoms in total. The third kappa shape index (κ3) is 4.35. The summed E-state index contributed by atoms with van der Waals surface area (Å²) in [6.07, 6.45) is 6.58. The lowest BCUT2D eigenvalue weighted by molar-refractivity contribution is 0.352. The third-order valence-corrected chi connectivity index (χ3v) is 6.28. The molecule has 3 N–H and O–H groups in total. The summed E-state index contributed by atoms with van der Waals surface area (Å²) in [4.78, 5) is 14.9. The van der Waals surface area contributed by atoms with Gasteiger partial charge < -0.3 is 20.5 Å². The summed E-state index contributed by atoms with van der Waals surface area (Å²) in [7, 11) is 4.06. The zero-order valence-corrected chi connectivity index (χ0v) is 18.2. The van der Waals surface area contributed by atoms with E-state index in [1.54, 1.807) is 0 Å². The Morgan fingerprint density at radius 3 is 2.61 bits per heavy atom. The average molecular weight is 415 g/mol. The number of fused-ring (bicyclic) bond motifs is 2. The fourth-order valence-corrected chi connectivity index (χ4v) is 4.56. The number of nitrogens with zero attached hydrogens (tertiary/aromatic N) is 3. The minimum absolute atomic E-state index is 0.422. The van der Waals surface area contributed by atoms with Crippen molar-refractivity contribution >= 4 is 33.6 Å². The van der Waals surface area contributed by atoms with Gasteiger partial charge in [-0.15, -0.1) is 0 Å². The minimum atomic E-state index is 0.422. The molecule has 1 fully saturated rings. The van der Waals surface area contributed by atoms with Gasteiger partial charge in [-0.1, -0.05) is 18.2 Å². The molecular formula is C25H30N6. The Kier molecular flexibility index (Phi) is 5.47. The van der Waals surface area contributed by atoms with Gasteiger partial charge in [0, 0.05) is 49.8 Å². The molecule has 0 radical (unpaired) electrons. The van der Waals surface area contributed by atoms with E-state index in [1.165, 1.54) is 16.5 Å². The maximum Gasteiger partial charge on any atom is 0.225 e. The van der Waals surface area contributed by atoms with Gasteiger partial charge in [0.15, 0.2) is 0 Å². The number of anilines is 2. The number of para-hydroxylation sites is 1. The molecule has 0 atom stereocenters. The second kappa shape index (κ2) is 8.55. The quantitative estimate of drug-likeness (QED) is 0.427. The van der Waals surface area contributed by atoms with Crippen molar-refractivity contribution in [1.29, 1.82) is 0 Å². The molecule has 0 amide bonds. The Bertz CT molecular complexity index is 1170. The largest absolute Gasteiger partial charge is 0.362 e. The maximum absolute atomic E-state index is 4.80. The maximum atomic E-state index is 4.80. The molecular weight excluding hydrogens is 384 g/mol. The highest BCUT2D eigenvalue weighted by Gasteiger charge is 2.22. The number of hydrogen-bond donors (Lipinski definition) is 3.